The van der Waals surface area contributed by atoms with E-state index in [1.807, 2.05) is 0 Å². The maximum Gasteiger partial charge on any atom is 0.144 e. The van der Waals surface area contributed by atoms with Gasteiger partial charge in [-0.25, -0.2) is 0 Å². The van der Waals surface area contributed by atoms with Crippen molar-refractivity contribution in [3.8, 4) is 0 Å². The molecule has 3 atom stereocenters. The first-order chi connectivity index (χ1) is 5.46. The highest BCUT2D eigenvalue weighted by molar-refractivity contribution is 5.95. The second kappa shape index (κ2) is 1.99. The number of hydrogen-bond donors (Lipinski definition) is 1. The van der Waals surface area contributed by atoms with E-state index in [1.54, 1.807) is 0 Å². The van der Waals surface area contributed by atoms with Crippen molar-refractivity contribution in [1.82, 2.24) is 0 Å². The van der Waals surface area contributed by atoms with Crippen molar-refractivity contribution in [3.63, 3.8) is 0 Å². The fraction of sp³-hybridized carbons (Fsp3) is 0.700. The van der Waals surface area contributed by atoms with Crippen molar-refractivity contribution < 1.29 is 9.90 Å². The van der Waals surface area contributed by atoms with Crippen molar-refractivity contribution in [2.45, 2.75) is 26.4 Å². The van der Waals surface area contributed by atoms with E-state index in [2.05, 4.69) is 20.4 Å². The maximum absolute atomic E-state index is 11.4. The third-order valence-corrected chi connectivity index (χ3v) is 3.53. The summed E-state index contributed by atoms with van der Waals surface area (Å²) in [6, 6.07) is 0. The van der Waals surface area contributed by atoms with Gasteiger partial charge in [-0.15, -0.1) is 0 Å². The highest BCUT2D eigenvalue weighted by Crippen LogP contribution is 2.58. The Morgan fingerprint density at radius 2 is 2.17 bits per heavy atom. The number of rotatable bonds is 0. The normalized spacial score (nSPS) is 44.1. The Labute approximate surface area is 72.3 Å². The van der Waals surface area contributed by atoms with Gasteiger partial charge in [0.25, 0.3) is 0 Å². The quantitative estimate of drug-likeness (QED) is 0.548. The Balaban J connectivity index is 2.35. The largest absolute Gasteiger partial charge is 0.389 e. The van der Waals surface area contributed by atoms with Crippen LogP contribution in [0.3, 0.4) is 0 Å². The molecule has 0 saturated heterocycles. The average molecular weight is 166 g/mol. The van der Waals surface area contributed by atoms with Crippen LogP contribution in [-0.2, 0) is 4.79 Å². The number of fused-ring (bicyclic) bond motifs is 2. The van der Waals surface area contributed by atoms with Gasteiger partial charge in [-0.2, -0.15) is 0 Å². The summed E-state index contributed by atoms with van der Waals surface area (Å²) in [5.74, 6) is 0.282. The maximum atomic E-state index is 11.4. The molecule has 66 valence electrons. The molecule has 0 aliphatic heterocycles. The van der Waals surface area contributed by atoms with Gasteiger partial charge in [0, 0.05) is 11.8 Å². The minimum absolute atomic E-state index is 0.0490. The summed E-state index contributed by atoms with van der Waals surface area (Å²) >= 11 is 0. The summed E-state index contributed by atoms with van der Waals surface area (Å²) in [6.07, 6.45) is 0.145. The van der Waals surface area contributed by atoms with Gasteiger partial charge in [0.2, 0.25) is 0 Å². The molecule has 3 fully saturated rings. The van der Waals surface area contributed by atoms with E-state index in [0.717, 1.165) is 5.57 Å². The Morgan fingerprint density at radius 1 is 1.58 bits per heavy atom. The number of aliphatic hydroxyl groups is 1. The fourth-order valence-electron chi connectivity index (χ4n) is 2.69. The zero-order chi connectivity index (χ0) is 9.09. The molecule has 3 rings (SSSR count). The highest BCUT2D eigenvalue weighted by Gasteiger charge is 2.61. The third-order valence-electron chi connectivity index (χ3n) is 3.53. The lowest BCUT2D eigenvalue weighted by Gasteiger charge is -2.56. The summed E-state index contributed by atoms with van der Waals surface area (Å²) in [7, 11) is 0. The number of Topliss-reactive ketones (excluding diaryl/α,β-unsaturated/α-hetero) is 1. The van der Waals surface area contributed by atoms with Crippen LogP contribution in [0.4, 0.5) is 0 Å². The number of carbonyl (C=O) groups is 1. The molecule has 3 aliphatic carbocycles. The van der Waals surface area contributed by atoms with Crippen LogP contribution in [0.15, 0.2) is 12.2 Å². The van der Waals surface area contributed by atoms with Gasteiger partial charge in [0.15, 0.2) is 0 Å². The molecule has 3 aliphatic rings. The van der Waals surface area contributed by atoms with E-state index in [1.165, 1.54) is 0 Å². The van der Waals surface area contributed by atoms with Crippen LogP contribution in [0.25, 0.3) is 0 Å². The molecule has 2 nitrogen and oxygen atoms in total. The van der Waals surface area contributed by atoms with Gasteiger partial charge in [-0.3, -0.25) is 4.79 Å². The van der Waals surface area contributed by atoms with Crippen LogP contribution in [0, 0.1) is 17.3 Å². The van der Waals surface area contributed by atoms with Gasteiger partial charge < -0.3 is 5.11 Å². The number of hydrogen-bond acceptors (Lipinski definition) is 2. The lowest BCUT2D eigenvalue weighted by molar-refractivity contribution is -0.158. The molecule has 0 unspecified atom stereocenters. The van der Waals surface area contributed by atoms with E-state index in [4.69, 9.17) is 0 Å². The topological polar surface area (TPSA) is 37.3 Å². The molecule has 0 radical (unpaired) electrons. The van der Waals surface area contributed by atoms with E-state index < -0.39 is 6.10 Å². The predicted octanol–water partition coefficient (Wildman–Crippen LogP) is 1.15. The standard InChI is InChI=1S/C10H14O2/c1-5-7(11)4-6-9(12)8(5)10(6,2)3/h6-8,11H,1,4H2,2-3H3/t6-,7-,8+/m1/s1. The van der Waals surface area contributed by atoms with Gasteiger partial charge in [-0.05, 0) is 17.4 Å². The van der Waals surface area contributed by atoms with Crippen molar-refractivity contribution >= 4 is 5.78 Å². The lowest BCUT2D eigenvalue weighted by atomic mass is 9.46. The highest BCUT2D eigenvalue weighted by atomic mass is 16.3. The SMILES string of the molecule is C=C1[C@H]2C(=O)[C@@H](C[C@H]1O)C2(C)C. The van der Waals surface area contributed by atoms with Crippen molar-refractivity contribution in [2.24, 2.45) is 17.3 Å². The monoisotopic (exact) mass is 166 g/mol. The molecule has 12 heavy (non-hydrogen) atoms. The van der Waals surface area contributed by atoms with Gasteiger partial charge in [0.05, 0.1) is 6.10 Å². The molecular formula is C10H14O2. The van der Waals surface area contributed by atoms with Crippen LogP contribution in [0.2, 0.25) is 0 Å². The first kappa shape index (κ1) is 7.99. The van der Waals surface area contributed by atoms with E-state index >= 15 is 0 Å². The van der Waals surface area contributed by atoms with Crippen LogP contribution in [0.5, 0.6) is 0 Å². The van der Waals surface area contributed by atoms with Crippen LogP contribution in [-0.4, -0.2) is 17.0 Å². The van der Waals surface area contributed by atoms with Gasteiger partial charge in [0.1, 0.15) is 5.78 Å². The van der Waals surface area contributed by atoms with E-state index in [0.29, 0.717) is 6.42 Å². The van der Waals surface area contributed by atoms with E-state index in [9.17, 15) is 9.90 Å². The van der Waals surface area contributed by atoms with Gasteiger partial charge in [-0.1, -0.05) is 20.4 Å². The summed E-state index contributed by atoms with van der Waals surface area (Å²) in [5, 5.41) is 9.48. The molecule has 0 aromatic carbocycles. The molecular weight excluding hydrogens is 152 g/mol. The lowest BCUT2D eigenvalue weighted by Crippen LogP contribution is -2.61. The van der Waals surface area contributed by atoms with Crippen LogP contribution >= 0.6 is 0 Å². The van der Waals surface area contributed by atoms with Crippen molar-refractivity contribution in [1.29, 1.82) is 0 Å². The molecule has 2 heteroatoms. The zero-order valence-electron chi connectivity index (χ0n) is 7.50. The molecule has 1 N–H and O–H groups in total. The smallest absolute Gasteiger partial charge is 0.144 e. The fourth-order valence-corrected chi connectivity index (χ4v) is 2.69. The Bertz CT molecular complexity index is 265. The second-order valence-corrected chi connectivity index (χ2v) is 4.54. The molecule has 3 saturated carbocycles. The predicted molar refractivity (Wildman–Crippen MR) is 45.5 cm³/mol. The molecule has 0 heterocycles. The van der Waals surface area contributed by atoms with E-state index in [-0.39, 0.29) is 23.0 Å². The first-order valence-electron chi connectivity index (χ1n) is 4.36. The van der Waals surface area contributed by atoms with Crippen molar-refractivity contribution in [3.05, 3.63) is 12.2 Å². The van der Waals surface area contributed by atoms with Crippen LogP contribution < -0.4 is 0 Å². The Hall–Kier alpha value is -0.630. The molecule has 0 amide bonds. The molecule has 0 spiro atoms. The van der Waals surface area contributed by atoms with Crippen molar-refractivity contribution in [2.75, 3.05) is 0 Å². The minimum Gasteiger partial charge on any atom is -0.389 e. The average Bonchev–Trinajstić information content (AvgIpc) is 1.96. The molecule has 0 aromatic heterocycles. The number of ketones is 1. The molecule has 0 aromatic rings. The summed E-state index contributed by atoms with van der Waals surface area (Å²) < 4.78 is 0. The zero-order valence-corrected chi connectivity index (χ0v) is 7.50. The second-order valence-electron chi connectivity index (χ2n) is 4.54. The Morgan fingerprint density at radius 3 is 2.50 bits per heavy atom. The summed E-state index contributed by atoms with van der Waals surface area (Å²) in [6.45, 7) is 7.96. The van der Waals surface area contributed by atoms with Gasteiger partial charge >= 0.3 is 0 Å². The van der Waals surface area contributed by atoms with Crippen LogP contribution in [0.1, 0.15) is 20.3 Å². The summed E-state index contributed by atoms with van der Waals surface area (Å²) in [5.41, 5.74) is 0.778. The minimum atomic E-state index is -0.439. The first-order valence-corrected chi connectivity index (χ1v) is 4.36. The summed E-state index contributed by atoms with van der Waals surface area (Å²) in [4.78, 5) is 11.4. The third kappa shape index (κ3) is 0.667. The Kier molecular flexibility index (Phi) is 1.33. The molecule has 2 bridgehead atoms. The number of carbonyl (C=O) groups excluding carboxylic acids is 1. The number of aliphatic hydroxyl groups excluding tert-OH is 1.